The second kappa shape index (κ2) is 5.01. The molecule has 0 amide bonds. The van der Waals surface area contributed by atoms with Gasteiger partial charge in [-0.05, 0) is 32.9 Å². The molecular weight excluding hydrogens is 266 g/mol. The molecule has 0 aliphatic heterocycles. The molecule has 0 aliphatic rings. The summed E-state index contributed by atoms with van der Waals surface area (Å²) >= 11 is 0. The maximum absolute atomic E-state index is 12.2. The smallest absolute Gasteiger partial charge is 0.343 e. The highest BCUT2D eigenvalue weighted by molar-refractivity contribution is 5.91. The predicted molar refractivity (Wildman–Crippen MR) is 78.6 cm³/mol. The summed E-state index contributed by atoms with van der Waals surface area (Å²) in [7, 11) is 0. The summed E-state index contributed by atoms with van der Waals surface area (Å²) in [5.74, 6) is 0.0614. The molecule has 0 aliphatic carbocycles. The van der Waals surface area contributed by atoms with E-state index in [1.54, 1.807) is 28.8 Å². The first-order valence-electron chi connectivity index (χ1n) is 6.67. The van der Waals surface area contributed by atoms with Gasteiger partial charge in [-0.1, -0.05) is 18.2 Å². The summed E-state index contributed by atoms with van der Waals surface area (Å²) in [6.45, 7) is 5.59. The Morgan fingerprint density at radius 3 is 2.57 bits per heavy atom. The first kappa shape index (κ1) is 13.3. The highest BCUT2D eigenvalue weighted by Crippen LogP contribution is 2.23. The van der Waals surface area contributed by atoms with Crippen molar-refractivity contribution in [1.29, 1.82) is 0 Å². The maximum Gasteiger partial charge on any atom is 0.343 e. The Kier molecular flexibility index (Phi) is 3.17. The third-order valence-electron chi connectivity index (χ3n) is 3.27. The summed E-state index contributed by atoms with van der Waals surface area (Å²) in [6, 6.07) is 10.8. The second-order valence-electron chi connectivity index (χ2n) is 4.92. The van der Waals surface area contributed by atoms with Gasteiger partial charge in [0.05, 0.1) is 22.6 Å². The fraction of sp³-hybridized carbons (Fsp3) is 0.188. The lowest BCUT2D eigenvalue weighted by atomic mass is 10.2. The molecule has 0 saturated heterocycles. The molecule has 0 unspecified atom stereocenters. The van der Waals surface area contributed by atoms with Crippen LogP contribution in [0.2, 0.25) is 0 Å². The number of ether oxygens (including phenoxy) is 1. The van der Waals surface area contributed by atoms with E-state index in [0.29, 0.717) is 17.0 Å². The number of rotatable bonds is 2. The van der Waals surface area contributed by atoms with E-state index in [2.05, 4.69) is 10.1 Å². The van der Waals surface area contributed by atoms with E-state index in [9.17, 15) is 4.79 Å². The average molecular weight is 281 g/mol. The van der Waals surface area contributed by atoms with Crippen LogP contribution in [0, 0.1) is 20.8 Å². The van der Waals surface area contributed by atoms with Gasteiger partial charge in [-0.25, -0.2) is 14.3 Å². The van der Waals surface area contributed by atoms with E-state index in [4.69, 9.17) is 4.74 Å². The number of aromatic nitrogens is 3. The Hall–Kier alpha value is -2.69. The van der Waals surface area contributed by atoms with Gasteiger partial charge in [-0.3, -0.25) is 0 Å². The molecule has 0 saturated carbocycles. The lowest BCUT2D eigenvalue weighted by Crippen LogP contribution is -2.12. The number of benzene rings is 1. The molecule has 0 radical (unpaired) electrons. The molecule has 106 valence electrons. The molecule has 3 rings (SSSR count). The largest absolute Gasteiger partial charge is 0.419 e. The van der Waals surface area contributed by atoms with Gasteiger partial charge >= 0.3 is 5.97 Å². The third kappa shape index (κ3) is 2.38. The Morgan fingerprint density at radius 2 is 1.86 bits per heavy atom. The van der Waals surface area contributed by atoms with Gasteiger partial charge in [0.25, 0.3) is 0 Å². The zero-order chi connectivity index (χ0) is 15.0. The maximum atomic E-state index is 12.2. The standard InChI is InChI=1S/C16H15N3O2/c1-10-9-14-17-11(2)15(12(3)19(14)18-10)21-16(20)13-7-5-4-6-8-13/h4-9H,1-3H3. The minimum absolute atomic E-state index is 0.396. The third-order valence-corrected chi connectivity index (χ3v) is 3.27. The number of hydrogen-bond donors (Lipinski definition) is 0. The molecule has 0 bridgehead atoms. The Bertz CT molecular complexity index is 822. The highest BCUT2D eigenvalue weighted by Gasteiger charge is 2.16. The van der Waals surface area contributed by atoms with Crippen molar-refractivity contribution >= 4 is 11.6 Å². The minimum atomic E-state index is -0.396. The van der Waals surface area contributed by atoms with Gasteiger partial charge in [0, 0.05) is 6.07 Å². The molecule has 5 nitrogen and oxygen atoms in total. The zero-order valence-corrected chi connectivity index (χ0v) is 12.1. The minimum Gasteiger partial charge on any atom is -0.419 e. The van der Waals surface area contributed by atoms with Crippen molar-refractivity contribution in [3.05, 3.63) is 59.0 Å². The lowest BCUT2D eigenvalue weighted by molar-refractivity contribution is 0.0730. The lowest BCUT2D eigenvalue weighted by Gasteiger charge is -2.11. The van der Waals surface area contributed by atoms with Crippen molar-refractivity contribution < 1.29 is 9.53 Å². The van der Waals surface area contributed by atoms with Crippen molar-refractivity contribution in [2.75, 3.05) is 0 Å². The van der Waals surface area contributed by atoms with Gasteiger partial charge in [0.2, 0.25) is 0 Å². The van der Waals surface area contributed by atoms with E-state index < -0.39 is 5.97 Å². The van der Waals surface area contributed by atoms with E-state index >= 15 is 0 Å². The summed E-state index contributed by atoms with van der Waals surface area (Å²) in [4.78, 5) is 16.6. The summed E-state index contributed by atoms with van der Waals surface area (Å²) in [5.41, 5.74) is 3.56. The molecule has 0 fully saturated rings. The molecule has 3 aromatic rings. The van der Waals surface area contributed by atoms with E-state index in [1.165, 1.54) is 0 Å². The van der Waals surface area contributed by atoms with E-state index in [0.717, 1.165) is 17.0 Å². The second-order valence-corrected chi connectivity index (χ2v) is 4.92. The van der Waals surface area contributed by atoms with Crippen LogP contribution < -0.4 is 4.74 Å². The van der Waals surface area contributed by atoms with Crippen molar-refractivity contribution in [2.24, 2.45) is 0 Å². The molecule has 0 atom stereocenters. The molecule has 21 heavy (non-hydrogen) atoms. The van der Waals surface area contributed by atoms with Crippen LogP contribution in [0.4, 0.5) is 0 Å². The van der Waals surface area contributed by atoms with Crippen molar-refractivity contribution in [1.82, 2.24) is 14.6 Å². The Morgan fingerprint density at radius 1 is 1.14 bits per heavy atom. The number of hydrogen-bond acceptors (Lipinski definition) is 4. The molecule has 5 heteroatoms. The van der Waals surface area contributed by atoms with Gasteiger partial charge < -0.3 is 4.74 Å². The number of esters is 1. The van der Waals surface area contributed by atoms with Crippen LogP contribution in [0.15, 0.2) is 36.4 Å². The van der Waals surface area contributed by atoms with E-state index in [-0.39, 0.29) is 0 Å². The van der Waals surface area contributed by atoms with Crippen LogP contribution in [-0.2, 0) is 0 Å². The normalized spacial score (nSPS) is 10.8. The topological polar surface area (TPSA) is 56.5 Å². The first-order chi connectivity index (χ1) is 10.1. The molecule has 2 aromatic heterocycles. The number of fused-ring (bicyclic) bond motifs is 1. The quantitative estimate of drug-likeness (QED) is 0.678. The number of carbonyl (C=O) groups is 1. The summed E-state index contributed by atoms with van der Waals surface area (Å²) in [6.07, 6.45) is 0. The number of carbonyl (C=O) groups excluding carboxylic acids is 1. The van der Waals surface area contributed by atoms with Crippen molar-refractivity contribution in [3.8, 4) is 5.75 Å². The zero-order valence-electron chi connectivity index (χ0n) is 12.1. The van der Waals surface area contributed by atoms with Crippen LogP contribution >= 0.6 is 0 Å². The highest BCUT2D eigenvalue weighted by atomic mass is 16.5. The SMILES string of the molecule is Cc1cc2nc(C)c(OC(=O)c3ccccc3)c(C)n2n1. The van der Waals surface area contributed by atoms with Gasteiger partial charge in [-0.15, -0.1) is 0 Å². The molecule has 2 heterocycles. The van der Waals surface area contributed by atoms with E-state index in [1.807, 2.05) is 32.9 Å². The molecule has 0 N–H and O–H groups in total. The summed E-state index contributed by atoms with van der Waals surface area (Å²) < 4.78 is 7.21. The van der Waals surface area contributed by atoms with Gasteiger partial charge in [-0.2, -0.15) is 5.10 Å². The average Bonchev–Trinajstić information content (AvgIpc) is 2.85. The van der Waals surface area contributed by atoms with Crippen molar-refractivity contribution in [3.63, 3.8) is 0 Å². The summed E-state index contributed by atoms with van der Waals surface area (Å²) in [5, 5.41) is 4.36. The molecule has 1 aromatic carbocycles. The fourth-order valence-corrected chi connectivity index (χ4v) is 2.27. The Labute approximate surface area is 122 Å². The van der Waals surface area contributed by atoms with Gasteiger partial charge in [0.1, 0.15) is 0 Å². The van der Waals surface area contributed by atoms with Crippen LogP contribution in [0.1, 0.15) is 27.4 Å². The van der Waals surface area contributed by atoms with Crippen LogP contribution in [0.25, 0.3) is 5.65 Å². The monoisotopic (exact) mass is 281 g/mol. The Balaban J connectivity index is 2.02. The van der Waals surface area contributed by atoms with Gasteiger partial charge in [0.15, 0.2) is 11.4 Å². The van der Waals surface area contributed by atoms with Crippen LogP contribution in [-0.4, -0.2) is 20.6 Å². The fourth-order valence-electron chi connectivity index (χ4n) is 2.27. The van der Waals surface area contributed by atoms with Crippen LogP contribution in [0.5, 0.6) is 5.75 Å². The predicted octanol–water partition coefficient (Wildman–Crippen LogP) is 2.87. The molecular formula is C16H15N3O2. The molecule has 0 spiro atoms. The van der Waals surface area contributed by atoms with Crippen molar-refractivity contribution in [2.45, 2.75) is 20.8 Å². The first-order valence-corrected chi connectivity index (χ1v) is 6.67. The number of nitrogens with zero attached hydrogens (tertiary/aromatic N) is 3. The van der Waals surface area contributed by atoms with Crippen LogP contribution in [0.3, 0.4) is 0 Å². The number of aryl methyl sites for hydroxylation is 3.